The summed E-state index contributed by atoms with van der Waals surface area (Å²) in [5, 5.41) is 9.34. The number of piperazine rings is 1. The fourth-order valence-electron chi connectivity index (χ4n) is 4.09. The molecule has 0 atom stereocenters. The van der Waals surface area contributed by atoms with Gasteiger partial charge in [-0.25, -0.2) is 0 Å². The number of guanidine groups is 1. The van der Waals surface area contributed by atoms with E-state index in [0.717, 1.165) is 83.1 Å². The maximum atomic E-state index is 12.4. The minimum Gasteiger partial charge on any atom is -0.357 e. The standard InChI is InChI=1S/C24H38N6O2.HI/c1-3-26-24(27-11-10-19-6-4-9-21(18-19)22(31)25-2)28-12-13-29-14-16-30(17-15-29)23(32)20-7-5-8-20;/h4,6,9,18,20H,3,5,7-8,10-17H2,1-2H3,(H,25,31)(H2,26,27,28);1H. The van der Waals surface area contributed by atoms with Gasteiger partial charge >= 0.3 is 0 Å². The average molecular weight is 571 g/mol. The lowest BCUT2D eigenvalue weighted by molar-refractivity contribution is -0.139. The Morgan fingerprint density at radius 1 is 1.12 bits per heavy atom. The van der Waals surface area contributed by atoms with Crippen molar-refractivity contribution in [1.29, 1.82) is 0 Å². The van der Waals surface area contributed by atoms with Crippen LogP contribution in [0.1, 0.15) is 42.1 Å². The van der Waals surface area contributed by atoms with E-state index in [4.69, 9.17) is 4.99 Å². The van der Waals surface area contributed by atoms with E-state index in [9.17, 15) is 9.59 Å². The van der Waals surface area contributed by atoms with Gasteiger partial charge in [-0.1, -0.05) is 18.6 Å². The zero-order chi connectivity index (χ0) is 22.8. The molecule has 8 nitrogen and oxygen atoms in total. The van der Waals surface area contributed by atoms with Crippen LogP contribution in [0.3, 0.4) is 0 Å². The van der Waals surface area contributed by atoms with Crippen LogP contribution in [0.25, 0.3) is 0 Å². The smallest absolute Gasteiger partial charge is 0.251 e. The number of halogens is 1. The molecule has 0 radical (unpaired) electrons. The molecule has 33 heavy (non-hydrogen) atoms. The van der Waals surface area contributed by atoms with Crippen molar-refractivity contribution in [3.63, 3.8) is 0 Å². The summed E-state index contributed by atoms with van der Waals surface area (Å²) in [6.45, 7) is 8.76. The summed E-state index contributed by atoms with van der Waals surface area (Å²) in [7, 11) is 1.64. The zero-order valence-corrected chi connectivity index (χ0v) is 22.3. The Kier molecular flexibility index (Phi) is 11.9. The number of carbonyl (C=O) groups excluding carboxylic acids is 2. The summed E-state index contributed by atoms with van der Waals surface area (Å²) in [5.41, 5.74) is 1.80. The molecule has 1 aromatic carbocycles. The van der Waals surface area contributed by atoms with Crippen LogP contribution in [0.5, 0.6) is 0 Å². The Labute approximate surface area is 215 Å². The zero-order valence-electron chi connectivity index (χ0n) is 19.9. The molecule has 9 heteroatoms. The van der Waals surface area contributed by atoms with E-state index >= 15 is 0 Å². The van der Waals surface area contributed by atoms with E-state index < -0.39 is 0 Å². The third-order valence-corrected chi connectivity index (χ3v) is 6.29. The maximum Gasteiger partial charge on any atom is 0.251 e. The third kappa shape index (κ3) is 8.44. The van der Waals surface area contributed by atoms with Crippen molar-refractivity contribution < 1.29 is 9.59 Å². The van der Waals surface area contributed by atoms with Crippen LogP contribution in [-0.2, 0) is 11.2 Å². The summed E-state index contributed by atoms with van der Waals surface area (Å²) in [6, 6.07) is 7.70. The SMILES string of the molecule is CCNC(=NCCN1CCN(C(=O)C2CCC2)CC1)NCCc1cccc(C(=O)NC)c1.I. The maximum absolute atomic E-state index is 12.4. The van der Waals surface area contributed by atoms with Gasteiger partial charge in [0.25, 0.3) is 5.91 Å². The molecule has 3 rings (SSSR count). The Morgan fingerprint density at radius 2 is 1.88 bits per heavy atom. The molecule has 1 aliphatic heterocycles. The quantitative estimate of drug-likeness (QED) is 0.239. The number of nitrogens with one attached hydrogen (secondary N) is 3. The van der Waals surface area contributed by atoms with E-state index in [1.54, 1.807) is 7.05 Å². The molecule has 1 aromatic rings. The highest BCUT2D eigenvalue weighted by atomic mass is 127. The van der Waals surface area contributed by atoms with Gasteiger partial charge in [-0.15, -0.1) is 24.0 Å². The molecule has 0 aromatic heterocycles. The molecule has 0 unspecified atom stereocenters. The first-order valence-corrected chi connectivity index (χ1v) is 11.9. The summed E-state index contributed by atoms with van der Waals surface area (Å²) < 4.78 is 0. The average Bonchev–Trinajstić information content (AvgIpc) is 2.78. The predicted octanol–water partition coefficient (Wildman–Crippen LogP) is 1.71. The molecule has 2 fully saturated rings. The molecule has 1 heterocycles. The highest BCUT2D eigenvalue weighted by molar-refractivity contribution is 14.0. The number of hydrogen-bond acceptors (Lipinski definition) is 4. The molecular formula is C24H39IN6O2. The fourth-order valence-corrected chi connectivity index (χ4v) is 4.09. The van der Waals surface area contributed by atoms with Crippen LogP contribution in [0.2, 0.25) is 0 Å². The second-order valence-corrected chi connectivity index (χ2v) is 8.51. The van der Waals surface area contributed by atoms with Crippen LogP contribution in [0, 0.1) is 5.92 Å². The molecule has 1 saturated heterocycles. The Morgan fingerprint density at radius 3 is 2.52 bits per heavy atom. The van der Waals surface area contributed by atoms with Gasteiger partial charge in [-0.3, -0.25) is 19.5 Å². The minimum atomic E-state index is -0.0667. The van der Waals surface area contributed by atoms with E-state index in [1.807, 2.05) is 29.2 Å². The second kappa shape index (κ2) is 14.4. The number of amides is 2. The summed E-state index contributed by atoms with van der Waals surface area (Å²) in [4.78, 5) is 33.3. The van der Waals surface area contributed by atoms with E-state index in [2.05, 4.69) is 27.8 Å². The first-order valence-electron chi connectivity index (χ1n) is 11.9. The topological polar surface area (TPSA) is 89.1 Å². The van der Waals surface area contributed by atoms with Crippen molar-refractivity contribution in [2.24, 2.45) is 10.9 Å². The molecule has 2 aliphatic rings. The van der Waals surface area contributed by atoms with Gasteiger partial charge in [0, 0.05) is 64.3 Å². The van der Waals surface area contributed by atoms with Crippen LogP contribution in [0.4, 0.5) is 0 Å². The van der Waals surface area contributed by atoms with E-state index in [1.165, 1.54) is 6.42 Å². The predicted molar refractivity (Wildman–Crippen MR) is 143 cm³/mol. The van der Waals surface area contributed by atoms with Crippen LogP contribution in [-0.4, -0.2) is 87.0 Å². The van der Waals surface area contributed by atoms with Crippen molar-refractivity contribution in [2.45, 2.75) is 32.6 Å². The van der Waals surface area contributed by atoms with Crippen LogP contribution < -0.4 is 16.0 Å². The number of aliphatic imine (C=N–C) groups is 1. The third-order valence-electron chi connectivity index (χ3n) is 6.29. The van der Waals surface area contributed by atoms with Crippen molar-refractivity contribution in [3.8, 4) is 0 Å². The Hall–Kier alpha value is -1.88. The minimum absolute atomic E-state index is 0. The van der Waals surface area contributed by atoms with Gasteiger partial charge in [-0.05, 0) is 43.9 Å². The summed E-state index contributed by atoms with van der Waals surface area (Å²) >= 11 is 0. The second-order valence-electron chi connectivity index (χ2n) is 8.51. The van der Waals surface area contributed by atoms with Crippen LogP contribution in [0.15, 0.2) is 29.3 Å². The normalized spacial score (nSPS) is 17.0. The van der Waals surface area contributed by atoms with Crippen molar-refractivity contribution in [1.82, 2.24) is 25.8 Å². The van der Waals surface area contributed by atoms with Crippen LogP contribution >= 0.6 is 24.0 Å². The van der Waals surface area contributed by atoms with Gasteiger partial charge in [0.05, 0.1) is 6.54 Å². The summed E-state index contributed by atoms with van der Waals surface area (Å²) in [6.07, 6.45) is 4.17. The fraction of sp³-hybridized carbons (Fsp3) is 0.625. The van der Waals surface area contributed by atoms with E-state index in [-0.39, 0.29) is 29.9 Å². The molecule has 0 bridgehead atoms. The molecule has 0 spiro atoms. The molecule has 1 aliphatic carbocycles. The van der Waals surface area contributed by atoms with Gasteiger partial charge in [-0.2, -0.15) is 0 Å². The van der Waals surface area contributed by atoms with Crippen molar-refractivity contribution in [3.05, 3.63) is 35.4 Å². The number of carbonyl (C=O) groups is 2. The van der Waals surface area contributed by atoms with Crippen molar-refractivity contribution in [2.75, 3.05) is 59.4 Å². The highest BCUT2D eigenvalue weighted by Gasteiger charge is 2.30. The number of hydrogen-bond donors (Lipinski definition) is 3. The first kappa shape index (κ1) is 27.4. The Bertz CT molecular complexity index is 791. The Balaban J connectivity index is 0.00000385. The lowest BCUT2D eigenvalue weighted by Crippen LogP contribution is -2.51. The molecule has 2 amide bonds. The molecule has 3 N–H and O–H groups in total. The van der Waals surface area contributed by atoms with Gasteiger partial charge < -0.3 is 20.9 Å². The first-order chi connectivity index (χ1) is 15.6. The molecular weight excluding hydrogens is 531 g/mol. The largest absolute Gasteiger partial charge is 0.357 e. The monoisotopic (exact) mass is 570 g/mol. The van der Waals surface area contributed by atoms with Gasteiger partial charge in [0.2, 0.25) is 5.91 Å². The lowest BCUT2D eigenvalue weighted by Gasteiger charge is -2.38. The van der Waals surface area contributed by atoms with Crippen molar-refractivity contribution >= 4 is 41.8 Å². The number of benzene rings is 1. The molecule has 1 saturated carbocycles. The van der Waals surface area contributed by atoms with E-state index in [0.29, 0.717) is 17.4 Å². The highest BCUT2D eigenvalue weighted by Crippen LogP contribution is 2.28. The molecule has 184 valence electrons. The number of rotatable bonds is 9. The summed E-state index contributed by atoms with van der Waals surface area (Å²) in [5.74, 6) is 1.41. The van der Waals surface area contributed by atoms with Gasteiger partial charge in [0.15, 0.2) is 5.96 Å². The lowest BCUT2D eigenvalue weighted by atomic mass is 9.84. The van der Waals surface area contributed by atoms with Gasteiger partial charge in [0.1, 0.15) is 0 Å². The number of nitrogens with zero attached hydrogens (tertiary/aromatic N) is 3.